The van der Waals surface area contributed by atoms with E-state index >= 15 is 0 Å². The van der Waals surface area contributed by atoms with Gasteiger partial charge in [0, 0.05) is 0 Å². The van der Waals surface area contributed by atoms with Crippen molar-refractivity contribution in [3.05, 3.63) is 0 Å². The van der Waals surface area contributed by atoms with Crippen molar-refractivity contribution in [2.75, 3.05) is 0 Å². The molecular formula is C30H48O5. The third kappa shape index (κ3) is 5.07. The number of cyclic esters (lactones) is 2. The molecule has 5 nitrogen and oxygen atoms in total. The number of carbonyl (C=O) groups excluding carboxylic acids is 3. The van der Waals surface area contributed by atoms with Gasteiger partial charge in [-0.1, -0.05) is 41.0 Å². The lowest BCUT2D eigenvalue weighted by Gasteiger charge is -2.47. The van der Waals surface area contributed by atoms with Crippen LogP contribution in [0.5, 0.6) is 0 Å². The number of hydrogen-bond acceptors (Lipinski definition) is 5. The Morgan fingerprint density at radius 3 is 2.17 bits per heavy atom. The van der Waals surface area contributed by atoms with Gasteiger partial charge < -0.3 is 9.47 Å². The predicted octanol–water partition coefficient (Wildman–Crippen LogP) is 6.43. The largest absolute Gasteiger partial charge is 0.460 e. The number of fused-ring (bicyclic) bond motifs is 2. The Kier molecular flexibility index (Phi) is 7.23. The van der Waals surface area contributed by atoms with Gasteiger partial charge in [0.05, 0.1) is 17.8 Å². The van der Waals surface area contributed by atoms with Gasteiger partial charge in [0.15, 0.2) is 0 Å². The van der Waals surface area contributed by atoms with E-state index in [1.165, 1.54) is 19.3 Å². The molecule has 2 bridgehead atoms. The highest BCUT2D eigenvalue weighted by Gasteiger charge is 2.61. The number of hydrogen-bond donors (Lipinski definition) is 0. The van der Waals surface area contributed by atoms with E-state index in [0.717, 1.165) is 25.7 Å². The molecule has 0 aromatic carbocycles. The summed E-state index contributed by atoms with van der Waals surface area (Å²) in [6, 6.07) is 0. The molecule has 1 saturated heterocycles. The molecule has 9 unspecified atom stereocenters. The minimum absolute atomic E-state index is 0.0201. The Morgan fingerprint density at radius 1 is 0.943 bits per heavy atom. The lowest BCUT2D eigenvalue weighted by molar-refractivity contribution is -0.162. The van der Waals surface area contributed by atoms with E-state index < -0.39 is 5.60 Å². The van der Waals surface area contributed by atoms with Gasteiger partial charge in [0.25, 0.3) is 0 Å². The standard InChI is InChI=1S/C30H48O5/c1-9-10-30(7,8)25-18-13-21(20-11-16(2)12-24(20)28(33)35-29(4,5)6)22(14-18)23(25)15-19-17(3)26(31)34-27(19)32/h16-25H,9-15H2,1-8H3/t16?,17?,18-,19?,20?,21?,22?,23?,24?,25?/m1/s1. The van der Waals surface area contributed by atoms with Gasteiger partial charge in [0.2, 0.25) is 0 Å². The van der Waals surface area contributed by atoms with Crippen LogP contribution in [0, 0.1) is 64.6 Å². The lowest BCUT2D eigenvalue weighted by atomic mass is 9.58. The minimum atomic E-state index is -0.467. The average Bonchev–Trinajstić information content (AvgIpc) is 3.46. The summed E-state index contributed by atoms with van der Waals surface area (Å²) >= 11 is 0. The van der Waals surface area contributed by atoms with Gasteiger partial charge in [0.1, 0.15) is 5.60 Å². The highest BCUT2D eigenvalue weighted by atomic mass is 16.6. The summed E-state index contributed by atoms with van der Waals surface area (Å²) in [6.07, 6.45) is 7.48. The molecule has 10 atom stereocenters. The zero-order chi connectivity index (χ0) is 25.9. The zero-order valence-electron chi connectivity index (χ0n) is 23.3. The molecule has 4 fully saturated rings. The van der Waals surface area contributed by atoms with Crippen molar-refractivity contribution < 1.29 is 23.9 Å². The second-order valence-corrected chi connectivity index (χ2v) is 14.2. The molecule has 4 aliphatic rings. The fraction of sp³-hybridized carbons (Fsp3) is 0.900. The van der Waals surface area contributed by atoms with Crippen LogP contribution in [0.3, 0.4) is 0 Å². The highest BCUT2D eigenvalue weighted by molar-refractivity contribution is 5.96. The normalized spacial score (nSPS) is 41.5. The molecule has 3 saturated carbocycles. The van der Waals surface area contributed by atoms with Crippen LogP contribution in [-0.4, -0.2) is 23.5 Å². The van der Waals surface area contributed by atoms with Gasteiger partial charge in [-0.3, -0.25) is 14.4 Å². The van der Waals surface area contributed by atoms with Crippen molar-refractivity contribution in [3.63, 3.8) is 0 Å². The topological polar surface area (TPSA) is 69.7 Å². The van der Waals surface area contributed by atoms with Crippen molar-refractivity contribution in [1.82, 2.24) is 0 Å². The van der Waals surface area contributed by atoms with Gasteiger partial charge in [-0.2, -0.15) is 0 Å². The van der Waals surface area contributed by atoms with Gasteiger partial charge in [-0.05, 0) is 106 Å². The number of esters is 3. The first kappa shape index (κ1) is 26.7. The van der Waals surface area contributed by atoms with E-state index in [1.807, 2.05) is 27.7 Å². The first-order valence-corrected chi connectivity index (χ1v) is 14.2. The maximum Gasteiger partial charge on any atom is 0.317 e. The maximum absolute atomic E-state index is 13.3. The zero-order valence-corrected chi connectivity index (χ0v) is 23.3. The van der Waals surface area contributed by atoms with Crippen LogP contribution in [-0.2, 0) is 23.9 Å². The average molecular weight is 489 g/mol. The summed E-state index contributed by atoms with van der Waals surface area (Å²) in [5, 5.41) is 0. The fourth-order valence-corrected chi connectivity index (χ4v) is 9.07. The van der Waals surface area contributed by atoms with E-state index in [-0.39, 0.29) is 41.1 Å². The lowest BCUT2D eigenvalue weighted by Crippen LogP contribution is -2.42. The molecule has 3 aliphatic carbocycles. The molecule has 35 heavy (non-hydrogen) atoms. The van der Waals surface area contributed by atoms with Crippen LogP contribution in [0.1, 0.15) is 100 Å². The van der Waals surface area contributed by atoms with Crippen molar-refractivity contribution in [3.8, 4) is 0 Å². The molecule has 0 aromatic rings. The van der Waals surface area contributed by atoms with Crippen LogP contribution < -0.4 is 0 Å². The van der Waals surface area contributed by atoms with E-state index in [9.17, 15) is 14.4 Å². The van der Waals surface area contributed by atoms with E-state index in [0.29, 0.717) is 41.4 Å². The Balaban J connectivity index is 1.60. The Bertz CT molecular complexity index is 838. The predicted molar refractivity (Wildman–Crippen MR) is 135 cm³/mol. The van der Waals surface area contributed by atoms with Gasteiger partial charge >= 0.3 is 17.9 Å². The molecule has 198 valence electrons. The van der Waals surface area contributed by atoms with Gasteiger partial charge in [-0.15, -0.1) is 0 Å². The monoisotopic (exact) mass is 488 g/mol. The van der Waals surface area contributed by atoms with Crippen molar-refractivity contribution >= 4 is 17.9 Å². The first-order chi connectivity index (χ1) is 16.2. The molecular weight excluding hydrogens is 440 g/mol. The minimum Gasteiger partial charge on any atom is -0.460 e. The van der Waals surface area contributed by atoms with E-state index in [4.69, 9.17) is 9.47 Å². The fourth-order valence-electron chi connectivity index (χ4n) is 9.07. The summed E-state index contributed by atoms with van der Waals surface area (Å²) in [6.45, 7) is 17.1. The third-order valence-electron chi connectivity index (χ3n) is 10.1. The number of carbonyl (C=O) groups is 3. The molecule has 0 amide bonds. The summed E-state index contributed by atoms with van der Waals surface area (Å²) in [5.74, 6) is 2.10. The molecule has 1 heterocycles. The highest BCUT2D eigenvalue weighted by Crippen LogP contribution is 2.66. The van der Waals surface area contributed by atoms with E-state index in [2.05, 4.69) is 27.7 Å². The van der Waals surface area contributed by atoms with Crippen LogP contribution in [0.2, 0.25) is 0 Å². The van der Waals surface area contributed by atoms with Crippen LogP contribution in [0.15, 0.2) is 0 Å². The second-order valence-electron chi connectivity index (χ2n) is 14.2. The molecule has 1 aliphatic heterocycles. The summed E-state index contributed by atoms with van der Waals surface area (Å²) in [4.78, 5) is 38.0. The van der Waals surface area contributed by atoms with Crippen LogP contribution in [0.4, 0.5) is 0 Å². The Morgan fingerprint density at radius 2 is 1.60 bits per heavy atom. The first-order valence-electron chi connectivity index (χ1n) is 14.2. The molecule has 0 spiro atoms. The van der Waals surface area contributed by atoms with Crippen molar-refractivity contribution in [2.45, 2.75) is 106 Å². The number of rotatable bonds is 7. The quantitative estimate of drug-likeness (QED) is 0.305. The summed E-state index contributed by atoms with van der Waals surface area (Å²) in [7, 11) is 0. The molecule has 4 rings (SSSR count). The van der Waals surface area contributed by atoms with Crippen molar-refractivity contribution in [1.29, 1.82) is 0 Å². The van der Waals surface area contributed by atoms with Crippen molar-refractivity contribution in [2.24, 2.45) is 64.6 Å². The Hall–Kier alpha value is -1.39. The molecule has 5 heteroatoms. The van der Waals surface area contributed by atoms with Crippen LogP contribution in [0.25, 0.3) is 0 Å². The molecule has 0 radical (unpaired) electrons. The third-order valence-corrected chi connectivity index (χ3v) is 10.1. The molecule has 0 N–H and O–H groups in total. The summed E-state index contributed by atoms with van der Waals surface area (Å²) in [5.41, 5.74) is -0.265. The summed E-state index contributed by atoms with van der Waals surface area (Å²) < 4.78 is 10.9. The SMILES string of the molecule is CCCC(C)(C)C1C(CC2C(=O)OC(=O)C2C)C2C[C@H]1CC2C1CC(C)CC1C(=O)OC(C)(C)C. The van der Waals surface area contributed by atoms with Crippen LogP contribution >= 0.6 is 0 Å². The van der Waals surface area contributed by atoms with E-state index in [1.54, 1.807) is 0 Å². The second kappa shape index (κ2) is 9.49. The maximum atomic E-state index is 13.3. The number of ether oxygens (including phenoxy) is 2. The Labute approximate surface area is 212 Å². The smallest absolute Gasteiger partial charge is 0.317 e. The molecule has 0 aromatic heterocycles. The van der Waals surface area contributed by atoms with Gasteiger partial charge in [-0.25, -0.2) is 0 Å².